The maximum atomic E-state index is 11.9. The third-order valence-electron chi connectivity index (χ3n) is 3.19. The van der Waals surface area contributed by atoms with Gasteiger partial charge in [0.1, 0.15) is 10.8 Å². The van der Waals surface area contributed by atoms with E-state index >= 15 is 0 Å². The van der Waals surface area contributed by atoms with Crippen molar-refractivity contribution in [2.24, 2.45) is 5.73 Å². The monoisotopic (exact) mass is 314 g/mol. The molecule has 0 saturated carbocycles. The number of amides is 1. The molecule has 1 aromatic carbocycles. The molecule has 0 aliphatic rings. The number of benzene rings is 1. The molecular formula is C15H11ClN4O2. The fourth-order valence-corrected chi connectivity index (χ4v) is 2.31. The summed E-state index contributed by atoms with van der Waals surface area (Å²) in [5, 5.41) is 5.12. The minimum Gasteiger partial charge on any atom is -0.364 e. The smallest absolute Gasteiger partial charge is 0.269 e. The molecule has 0 atom stereocenters. The van der Waals surface area contributed by atoms with Crippen LogP contribution in [0.5, 0.6) is 0 Å². The number of rotatable bonds is 3. The number of nitrogens with zero attached hydrogens (tertiary/aromatic N) is 3. The van der Waals surface area contributed by atoms with E-state index in [0.29, 0.717) is 5.56 Å². The predicted octanol–water partition coefficient (Wildman–Crippen LogP) is 1.59. The summed E-state index contributed by atoms with van der Waals surface area (Å²) >= 11 is 6.16. The maximum Gasteiger partial charge on any atom is 0.269 e. The second-order valence-electron chi connectivity index (χ2n) is 4.71. The van der Waals surface area contributed by atoms with E-state index in [-0.39, 0.29) is 23.0 Å². The molecule has 22 heavy (non-hydrogen) atoms. The molecule has 0 unspecified atom stereocenters. The number of pyridine rings is 1. The fourth-order valence-electron chi connectivity index (χ4n) is 2.10. The quantitative estimate of drug-likeness (QED) is 0.743. The minimum absolute atomic E-state index is 0.0180. The molecule has 0 radical (unpaired) electrons. The number of carbonyl (C=O) groups is 1. The van der Waals surface area contributed by atoms with Crippen molar-refractivity contribution in [3.05, 3.63) is 69.2 Å². The second kappa shape index (κ2) is 5.57. The highest BCUT2D eigenvalue weighted by atomic mass is 35.5. The Bertz CT molecular complexity index is 936. The Morgan fingerprint density at radius 1 is 1.23 bits per heavy atom. The summed E-state index contributed by atoms with van der Waals surface area (Å²) in [6, 6.07) is 11.9. The Morgan fingerprint density at radius 3 is 2.77 bits per heavy atom. The first kappa shape index (κ1) is 14.2. The summed E-state index contributed by atoms with van der Waals surface area (Å²) in [5.74, 6) is -0.698. The van der Waals surface area contributed by atoms with Crippen molar-refractivity contribution in [1.29, 1.82) is 0 Å². The van der Waals surface area contributed by atoms with Crippen molar-refractivity contribution in [3.63, 3.8) is 0 Å². The zero-order valence-electron chi connectivity index (χ0n) is 11.4. The Balaban J connectivity index is 2.06. The Morgan fingerprint density at radius 2 is 2.00 bits per heavy atom. The van der Waals surface area contributed by atoms with Crippen LogP contribution >= 0.6 is 11.6 Å². The Hall–Kier alpha value is -2.73. The molecule has 6 nitrogen and oxygen atoms in total. The van der Waals surface area contributed by atoms with Gasteiger partial charge in [0.15, 0.2) is 0 Å². The number of fused-ring (bicyclic) bond motifs is 1. The molecule has 2 aromatic heterocycles. The van der Waals surface area contributed by atoms with E-state index in [1.807, 2.05) is 30.3 Å². The number of aromatic nitrogens is 3. The van der Waals surface area contributed by atoms with Crippen LogP contribution < -0.4 is 11.3 Å². The van der Waals surface area contributed by atoms with Crippen LogP contribution in [0.25, 0.3) is 10.9 Å². The molecule has 2 heterocycles. The lowest BCUT2D eigenvalue weighted by molar-refractivity contribution is 0.0993. The molecule has 3 rings (SSSR count). The number of primary amides is 1. The zero-order chi connectivity index (χ0) is 15.7. The summed E-state index contributed by atoms with van der Waals surface area (Å²) < 4.78 is 1.14. The van der Waals surface area contributed by atoms with Gasteiger partial charge in [-0.3, -0.25) is 9.59 Å². The van der Waals surface area contributed by atoms with Gasteiger partial charge in [-0.1, -0.05) is 29.8 Å². The number of nitrogens with two attached hydrogens (primary N) is 1. The van der Waals surface area contributed by atoms with Gasteiger partial charge in [-0.25, -0.2) is 9.67 Å². The molecule has 0 bridgehead atoms. The van der Waals surface area contributed by atoms with E-state index in [9.17, 15) is 9.59 Å². The number of carbonyl (C=O) groups excluding carboxylic acids is 1. The molecule has 110 valence electrons. The summed E-state index contributed by atoms with van der Waals surface area (Å²) in [6.07, 6.45) is 0. The third-order valence-corrected chi connectivity index (χ3v) is 3.52. The van der Waals surface area contributed by atoms with Crippen molar-refractivity contribution in [2.45, 2.75) is 6.54 Å². The maximum absolute atomic E-state index is 11.9. The third kappa shape index (κ3) is 2.68. The Kier molecular flexibility index (Phi) is 3.60. The van der Waals surface area contributed by atoms with Crippen molar-refractivity contribution in [2.75, 3.05) is 0 Å². The average Bonchev–Trinajstić information content (AvgIpc) is 2.50. The van der Waals surface area contributed by atoms with E-state index in [1.165, 1.54) is 12.1 Å². The van der Waals surface area contributed by atoms with E-state index in [2.05, 4.69) is 10.1 Å². The van der Waals surface area contributed by atoms with Gasteiger partial charge >= 0.3 is 0 Å². The number of hydrogen-bond acceptors (Lipinski definition) is 4. The van der Waals surface area contributed by atoms with Crippen LogP contribution in [-0.2, 0) is 6.54 Å². The first-order valence-corrected chi connectivity index (χ1v) is 6.84. The molecule has 1 amide bonds. The van der Waals surface area contributed by atoms with Crippen LogP contribution in [0.4, 0.5) is 0 Å². The van der Waals surface area contributed by atoms with Crippen LogP contribution in [0, 0.1) is 0 Å². The highest BCUT2D eigenvalue weighted by Gasteiger charge is 2.10. The van der Waals surface area contributed by atoms with Crippen molar-refractivity contribution >= 4 is 28.4 Å². The first-order valence-electron chi connectivity index (χ1n) is 6.47. The highest BCUT2D eigenvalue weighted by molar-refractivity contribution is 6.30. The van der Waals surface area contributed by atoms with Gasteiger partial charge in [-0.2, -0.15) is 5.10 Å². The standard InChI is InChI=1S/C15H11ClN4O2/c16-14-10(7-9-3-1-2-4-11(9)18-14)8-20-13(21)6-5-12(19-20)15(17)22/h1-7H,8H2,(H2,17,22). The highest BCUT2D eigenvalue weighted by Crippen LogP contribution is 2.20. The van der Waals surface area contributed by atoms with Crippen LogP contribution in [0.2, 0.25) is 5.15 Å². The molecule has 2 N–H and O–H groups in total. The van der Waals surface area contributed by atoms with Crippen LogP contribution in [0.15, 0.2) is 47.3 Å². The van der Waals surface area contributed by atoms with E-state index in [0.717, 1.165) is 15.6 Å². The SMILES string of the molecule is NC(=O)c1ccc(=O)n(Cc2cc3ccccc3nc2Cl)n1. The van der Waals surface area contributed by atoms with Gasteiger partial charge in [0, 0.05) is 17.0 Å². The average molecular weight is 315 g/mol. The largest absolute Gasteiger partial charge is 0.364 e. The fraction of sp³-hybridized carbons (Fsp3) is 0.0667. The minimum atomic E-state index is -0.698. The molecule has 7 heteroatoms. The molecule has 0 aliphatic carbocycles. The van der Waals surface area contributed by atoms with Crippen molar-refractivity contribution in [3.8, 4) is 0 Å². The van der Waals surface area contributed by atoms with E-state index < -0.39 is 5.91 Å². The summed E-state index contributed by atoms with van der Waals surface area (Å²) in [7, 11) is 0. The second-order valence-corrected chi connectivity index (χ2v) is 5.07. The molecule has 0 fully saturated rings. The van der Waals surface area contributed by atoms with Crippen molar-refractivity contribution in [1.82, 2.24) is 14.8 Å². The zero-order valence-corrected chi connectivity index (χ0v) is 12.1. The predicted molar refractivity (Wildman–Crippen MR) is 82.9 cm³/mol. The lowest BCUT2D eigenvalue weighted by atomic mass is 10.1. The van der Waals surface area contributed by atoms with E-state index in [4.69, 9.17) is 17.3 Å². The van der Waals surface area contributed by atoms with Gasteiger partial charge in [0.2, 0.25) is 0 Å². The topological polar surface area (TPSA) is 90.9 Å². The van der Waals surface area contributed by atoms with Crippen LogP contribution in [0.3, 0.4) is 0 Å². The first-order chi connectivity index (χ1) is 10.5. The van der Waals surface area contributed by atoms with Gasteiger partial charge in [-0.05, 0) is 18.2 Å². The Labute approximate surface area is 130 Å². The molecule has 0 saturated heterocycles. The van der Waals surface area contributed by atoms with Crippen LogP contribution in [0.1, 0.15) is 16.1 Å². The van der Waals surface area contributed by atoms with Gasteiger partial charge in [0.25, 0.3) is 11.5 Å². The van der Waals surface area contributed by atoms with E-state index in [1.54, 1.807) is 0 Å². The summed E-state index contributed by atoms with van der Waals surface area (Å²) in [6.45, 7) is 0.108. The van der Waals surface area contributed by atoms with Gasteiger partial charge in [0.05, 0.1) is 12.1 Å². The molecule has 0 aliphatic heterocycles. The van der Waals surface area contributed by atoms with Gasteiger partial charge < -0.3 is 5.73 Å². The summed E-state index contributed by atoms with van der Waals surface area (Å²) in [4.78, 5) is 27.3. The molecular weight excluding hydrogens is 304 g/mol. The molecule has 0 spiro atoms. The van der Waals surface area contributed by atoms with Crippen LogP contribution in [-0.4, -0.2) is 20.7 Å². The van der Waals surface area contributed by atoms with Gasteiger partial charge in [-0.15, -0.1) is 0 Å². The number of halogens is 1. The lowest BCUT2D eigenvalue weighted by Gasteiger charge is -2.08. The lowest BCUT2D eigenvalue weighted by Crippen LogP contribution is -2.26. The van der Waals surface area contributed by atoms with Crippen molar-refractivity contribution < 1.29 is 4.79 Å². The molecule has 3 aromatic rings. The normalized spacial score (nSPS) is 10.8. The number of para-hydroxylation sites is 1. The number of hydrogen-bond donors (Lipinski definition) is 1. The summed E-state index contributed by atoms with van der Waals surface area (Å²) in [5.41, 5.74) is 6.24.